The molecular formula is C9H18O4. The van der Waals surface area contributed by atoms with Gasteiger partial charge in [-0.15, -0.1) is 0 Å². The number of carbonyl (C=O) groups is 1. The van der Waals surface area contributed by atoms with Crippen molar-refractivity contribution in [1.29, 1.82) is 0 Å². The van der Waals surface area contributed by atoms with Gasteiger partial charge < -0.3 is 15.3 Å². The van der Waals surface area contributed by atoms with Crippen LogP contribution in [0.4, 0.5) is 0 Å². The van der Waals surface area contributed by atoms with Gasteiger partial charge in [0.05, 0.1) is 0 Å². The third kappa shape index (κ3) is 14.0. The average molecular weight is 190 g/mol. The fourth-order valence-electron chi connectivity index (χ4n) is 0.123. The summed E-state index contributed by atoms with van der Waals surface area (Å²) in [6, 6.07) is 0. The second kappa shape index (κ2) is 6.62. The first kappa shape index (κ1) is 14.6. The van der Waals surface area contributed by atoms with Crippen LogP contribution in [0.5, 0.6) is 0 Å². The molecule has 0 bridgehead atoms. The highest BCUT2D eigenvalue weighted by molar-refractivity contribution is 5.85. The Hall–Kier alpha value is -0.870. The zero-order valence-corrected chi connectivity index (χ0v) is 8.53. The van der Waals surface area contributed by atoms with Crippen molar-refractivity contribution in [2.75, 3.05) is 0 Å². The normalized spacial score (nSPS) is 11.7. The molecule has 0 spiro atoms. The fourth-order valence-corrected chi connectivity index (χ4v) is 0.123. The maximum absolute atomic E-state index is 9.86. The van der Waals surface area contributed by atoms with Crippen LogP contribution in [-0.2, 0) is 4.79 Å². The van der Waals surface area contributed by atoms with Crippen LogP contribution in [0.15, 0.2) is 11.6 Å². The summed E-state index contributed by atoms with van der Waals surface area (Å²) in [5.74, 6) is -2.30. The monoisotopic (exact) mass is 190 g/mol. The van der Waals surface area contributed by atoms with Crippen LogP contribution in [-0.4, -0.2) is 27.1 Å². The molecule has 13 heavy (non-hydrogen) atoms. The number of rotatable bonds is 2. The quantitative estimate of drug-likeness (QED) is 0.450. The van der Waals surface area contributed by atoms with Gasteiger partial charge in [0.2, 0.25) is 0 Å². The molecule has 0 aliphatic rings. The molecule has 0 atom stereocenters. The molecule has 0 radical (unpaired) electrons. The second-order valence-electron chi connectivity index (χ2n) is 2.85. The lowest BCUT2D eigenvalue weighted by Gasteiger charge is -2.10. The summed E-state index contributed by atoms with van der Waals surface area (Å²) in [4.78, 5) is 9.86. The van der Waals surface area contributed by atoms with E-state index in [1.807, 2.05) is 0 Å². The number of carboxylic acid groups (broad SMARTS) is 1. The van der Waals surface area contributed by atoms with Gasteiger partial charge in [-0.1, -0.05) is 13.0 Å². The van der Waals surface area contributed by atoms with Crippen LogP contribution in [0.3, 0.4) is 0 Å². The Labute approximate surface area is 78.5 Å². The van der Waals surface area contributed by atoms with Gasteiger partial charge in [0, 0.05) is 5.57 Å². The Kier molecular flexibility index (Phi) is 7.46. The van der Waals surface area contributed by atoms with Crippen LogP contribution in [0.25, 0.3) is 0 Å². The number of hydrogen-bond acceptors (Lipinski definition) is 3. The molecule has 0 aromatic carbocycles. The van der Waals surface area contributed by atoms with Gasteiger partial charge in [0.15, 0.2) is 5.79 Å². The molecular weight excluding hydrogens is 172 g/mol. The third-order valence-electron chi connectivity index (χ3n) is 1.44. The molecule has 0 heterocycles. The minimum Gasteiger partial charge on any atom is -0.478 e. The molecule has 0 amide bonds. The predicted molar refractivity (Wildman–Crippen MR) is 50.2 cm³/mol. The summed E-state index contributed by atoms with van der Waals surface area (Å²) >= 11 is 0. The molecule has 4 nitrogen and oxygen atoms in total. The molecule has 0 rings (SSSR count). The first-order valence-electron chi connectivity index (χ1n) is 4.05. The number of aliphatic carboxylic acids is 1. The Bertz CT molecular complexity index is 177. The molecule has 78 valence electrons. The highest BCUT2D eigenvalue weighted by atomic mass is 16.5. The largest absolute Gasteiger partial charge is 0.478 e. The Balaban J connectivity index is 0. The highest BCUT2D eigenvalue weighted by Crippen LogP contribution is 1.99. The van der Waals surface area contributed by atoms with Gasteiger partial charge in [0.1, 0.15) is 0 Å². The Morgan fingerprint density at radius 2 is 1.77 bits per heavy atom. The number of allylic oxidation sites excluding steroid dienone is 1. The molecule has 0 unspecified atom stereocenters. The SMILES string of the molecule is CC=C(C)C(=O)O.CCC(C)(O)O. The van der Waals surface area contributed by atoms with Crippen molar-refractivity contribution in [2.45, 2.75) is 39.9 Å². The lowest BCUT2D eigenvalue weighted by atomic mass is 10.3. The Morgan fingerprint density at radius 3 is 1.77 bits per heavy atom. The van der Waals surface area contributed by atoms with E-state index in [-0.39, 0.29) is 0 Å². The van der Waals surface area contributed by atoms with Crippen molar-refractivity contribution < 1.29 is 20.1 Å². The van der Waals surface area contributed by atoms with Crippen LogP contribution in [0.2, 0.25) is 0 Å². The lowest BCUT2D eigenvalue weighted by molar-refractivity contribution is -0.145. The second-order valence-corrected chi connectivity index (χ2v) is 2.85. The minimum absolute atomic E-state index is 0.382. The van der Waals surface area contributed by atoms with E-state index in [2.05, 4.69) is 0 Å². The zero-order valence-electron chi connectivity index (χ0n) is 8.53. The number of hydrogen-bond donors (Lipinski definition) is 3. The average Bonchev–Trinajstić information content (AvgIpc) is 2.02. The van der Waals surface area contributed by atoms with Crippen molar-refractivity contribution in [3.63, 3.8) is 0 Å². The number of aliphatic hydroxyl groups is 2. The molecule has 3 N–H and O–H groups in total. The van der Waals surface area contributed by atoms with Gasteiger partial charge in [-0.2, -0.15) is 0 Å². The van der Waals surface area contributed by atoms with E-state index in [9.17, 15) is 4.79 Å². The molecule has 0 saturated heterocycles. The fraction of sp³-hybridized carbons (Fsp3) is 0.667. The van der Waals surface area contributed by atoms with Gasteiger partial charge in [0.25, 0.3) is 0 Å². The summed E-state index contributed by atoms with van der Waals surface area (Å²) in [6.07, 6.45) is 1.94. The van der Waals surface area contributed by atoms with E-state index in [0.717, 1.165) is 0 Å². The first-order chi connectivity index (χ1) is 5.74. The van der Waals surface area contributed by atoms with E-state index in [1.165, 1.54) is 6.92 Å². The smallest absolute Gasteiger partial charge is 0.330 e. The maximum atomic E-state index is 9.86. The summed E-state index contributed by atoms with van der Waals surface area (Å²) in [5, 5.41) is 24.9. The summed E-state index contributed by atoms with van der Waals surface area (Å²) in [6.45, 7) is 6.32. The summed E-state index contributed by atoms with van der Waals surface area (Å²) < 4.78 is 0. The van der Waals surface area contributed by atoms with Gasteiger partial charge >= 0.3 is 5.97 Å². The molecule has 0 aromatic heterocycles. The topological polar surface area (TPSA) is 77.8 Å². The third-order valence-corrected chi connectivity index (χ3v) is 1.44. The lowest BCUT2D eigenvalue weighted by Crippen LogP contribution is -2.20. The molecule has 0 aliphatic heterocycles. The molecule has 4 heteroatoms. The van der Waals surface area contributed by atoms with Crippen molar-refractivity contribution in [2.24, 2.45) is 0 Å². The number of carboxylic acids is 1. The van der Waals surface area contributed by atoms with E-state index < -0.39 is 11.8 Å². The van der Waals surface area contributed by atoms with E-state index in [4.69, 9.17) is 15.3 Å². The molecule has 0 aliphatic carbocycles. The highest BCUT2D eigenvalue weighted by Gasteiger charge is 2.08. The van der Waals surface area contributed by atoms with Gasteiger partial charge in [-0.25, -0.2) is 4.79 Å². The van der Waals surface area contributed by atoms with Crippen LogP contribution in [0.1, 0.15) is 34.1 Å². The van der Waals surface area contributed by atoms with Crippen molar-refractivity contribution in [1.82, 2.24) is 0 Å². The first-order valence-corrected chi connectivity index (χ1v) is 4.05. The molecule has 0 fully saturated rings. The van der Waals surface area contributed by atoms with Crippen LogP contribution >= 0.6 is 0 Å². The zero-order chi connectivity index (χ0) is 11.1. The van der Waals surface area contributed by atoms with Gasteiger partial charge in [-0.3, -0.25) is 0 Å². The molecule has 0 aromatic rings. The van der Waals surface area contributed by atoms with Crippen LogP contribution < -0.4 is 0 Å². The maximum Gasteiger partial charge on any atom is 0.330 e. The minimum atomic E-state index is -1.46. The van der Waals surface area contributed by atoms with E-state index in [0.29, 0.717) is 12.0 Å². The summed E-state index contributed by atoms with van der Waals surface area (Å²) in [7, 11) is 0. The van der Waals surface area contributed by atoms with Crippen molar-refractivity contribution in [3.05, 3.63) is 11.6 Å². The van der Waals surface area contributed by atoms with E-state index >= 15 is 0 Å². The van der Waals surface area contributed by atoms with Crippen molar-refractivity contribution >= 4 is 5.97 Å². The van der Waals surface area contributed by atoms with Crippen LogP contribution in [0, 0.1) is 0 Å². The molecule has 0 saturated carbocycles. The Morgan fingerprint density at radius 1 is 1.46 bits per heavy atom. The predicted octanol–water partition coefficient (Wildman–Crippen LogP) is 1.13. The standard InChI is InChI=1S/C5H8O2.C4H10O2/c1-3-4(2)5(6)7;1-3-4(2,5)6/h3H,1-2H3,(H,6,7);5-6H,3H2,1-2H3. The summed E-state index contributed by atoms with van der Waals surface area (Å²) in [5.41, 5.74) is 0.389. The van der Waals surface area contributed by atoms with E-state index in [1.54, 1.807) is 26.8 Å². The van der Waals surface area contributed by atoms with Gasteiger partial charge in [-0.05, 0) is 27.2 Å². The van der Waals surface area contributed by atoms with Crippen molar-refractivity contribution in [3.8, 4) is 0 Å².